The first-order valence-electron chi connectivity index (χ1n) is 6.24. The van der Waals surface area contributed by atoms with Crippen LogP contribution in [0.1, 0.15) is 6.92 Å². The number of carbonyl (C=O) groups is 1. The summed E-state index contributed by atoms with van der Waals surface area (Å²) in [5, 5.41) is 1.95. The molecule has 1 amide bonds. The Labute approximate surface area is 134 Å². The summed E-state index contributed by atoms with van der Waals surface area (Å²) >= 11 is 6.76. The van der Waals surface area contributed by atoms with Crippen molar-refractivity contribution in [1.82, 2.24) is 0 Å². The summed E-state index contributed by atoms with van der Waals surface area (Å²) in [6.45, 7) is 1.57. The number of amides is 1. The van der Waals surface area contributed by atoms with Crippen molar-refractivity contribution in [2.75, 3.05) is 5.32 Å². The van der Waals surface area contributed by atoms with E-state index < -0.39 is 28.6 Å². The first-order valence-corrected chi connectivity index (χ1v) is 7.50. The van der Waals surface area contributed by atoms with E-state index in [9.17, 15) is 18.0 Å². The van der Waals surface area contributed by atoms with Crippen LogP contribution in [0.15, 0.2) is 41.3 Å². The Hall–Kier alpha value is -1.66. The zero-order chi connectivity index (χ0) is 16.3. The van der Waals surface area contributed by atoms with Gasteiger partial charge in [-0.25, -0.2) is 13.2 Å². The molecule has 0 spiro atoms. The maximum atomic E-state index is 13.6. The molecule has 0 aliphatic rings. The Morgan fingerprint density at radius 3 is 2.41 bits per heavy atom. The van der Waals surface area contributed by atoms with E-state index in [0.29, 0.717) is 0 Å². The lowest BCUT2D eigenvalue weighted by atomic mass is 10.3. The van der Waals surface area contributed by atoms with Crippen LogP contribution >= 0.6 is 23.4 Å². The molecule has 0 aromatic heterocycles. The van der Waals surface area contributed by atoms with Crippen molar-refractivity contribution >= 4 is 35.0 Å². The summed E-state index contributed by atoms with van der Waals surface area (Å²) < 4.78 is 39.3. The second kappa shape index (κ2) is 7.07. The predicted octanol–water partition coefficient (Wildman–Crippen LogP) is 4.88. The summed E-state index contributed by atoms with van der Waals surface area (Å²) in [6.07, 6.45) is 0. The van der Waals surface area contributed by atoms with Gasteiger partial charge >= 0.3 is 0 Å². The van der Waals surface area contributed by atoms with E-state index in [1.54, 1.807) is 6.92 Å². The highest BCUT2D eigenvalue weighted by Gasteiger charge is 2.18. The van der Waals surface area contributed by atoms with E-state index in [0.717, 1.165) is 30.0 Å². The third-order valence-corrected chi connectivity index (χ3v) is 4.22. The molecule has 0 aliphatic heterocycles. The molecule has 2 nitrogen and oxygen atoms in total. The highest BCUT2D eigenvalue weighted by atomic mass is 35.5. The highest BCUT2D eigenvalue weighted by Crippen LogP contribution is 2.28. The fraction of sp³-hybridized carbons (Fsp3) is 0.133. The zero-order valence-corrected chi connectivity index (χ0v) is 12.9. The van der Waals surface area contributed by atoms with Gasteiger partial charge in [-0.1, -0.05) is 11.6 Å². The monoisotopic (exact) mass is 345 g/mol. The van der Waals surface area contributed by atoms with Crippen LogP contribution < -0.4 is 5.32 Å². The van der Waals surface area contributed by atoms with Crippen molar-refractivity contribution in [3.63, 3.8) is 0 Å². The van der Waals surface area contributed by atoms with Gasteiger partial charge in [0.25, 0.3) is 0 Å². The van der Waals surface area contributed by atoms with Gasteiger partial charge in [0.1, 0.15) is 17.5 Å². The molecule has 0 saturated heterocycles. The minimum Gasteiger partial charge on any atom is -0.324 e. The smallest absolute Gasteiger partial charge is 0.237 e. The van der Waals surface area contributed by atoms with Gasteiger partial charge < -0.3 is 5.32 Å². The fourth-order valence-corrected chi connectivity index (χ4v) is 2.72. The zero-order valence-electron chi connectivity index (χ0n) is 11.4. The van der Waals surface area contributed by atoms with Crippen molar-refractivity contribution in [3.05, 3.63) is 58.9 Å². The Bertz CT molecular complexity index is 711. The topological polar surface area (TPSA) is 29.1 Å². The fourth-order valence-electron chi connectivity index (χ4n) is 1.64. The number of hydrogen-bond acceptors (Lipinski definition) is 2. The van der Waals surface area contributed by atoms with Gasteiger partial charge in [-0.3, -0.25) is 4.79 Å². The van der Waals surface area contributed by atoms with Crippen LogP contribution in [0.5, 0.6) is 0 Å². The summed E-state index contributed by atoms with van der Waals surface area (Å²) in [6, 6.07) is 6.72. The number of carbonyl (C=O) groups excluding carboxylic acids is 1. The van der Waals surface area contributed by atoms with E-state index in [4.69, 9.17) is 11.6 Å². The second-order valence-corrected chi connectivity index (χ2v) is 6.24. The molecule has 0 fully saturated rings. The molecule has 1 atom stereocenters. The van der Waals surface area contributed by atoms with E-state index >= 15 is 0 Å². The first kappa shape index (κ1) is 16.7. The Morgan fingerprint density at radius 1 is 1.14 bits per heavy atom. The maximum Gasteiger partial charge on any atom is 0.237 e. The summed E-state index contributed by atoms with van der Waals surface area (Å²) in [4.78, 5) is 12.2. The van der Waals surface area contributed by atoms with E-state index in [2.05, 4.69) is 5.32 Å². The van der Waals surface area contributed by atoms with Crippen LogP contribution in [-0.4, -0.2) is 11.2 Å². The molecule has 116 valence electrons. The Balaban J connectivity index is 2.05. The number of thioether (sulfide) groups is 1. The van der Waals surface area contributed by atoms with Crippen molar-refractivity contribution < 1.29 is 18.0 Å². The SMILES string of the molecule is C[C@@H](Sc1ccc(F)cc1F)C(=O)Nc1ccc(F)cc1Cl. The predicted molar refractivity (Wildman–Crippen MR) is 81.7 cm³/mol. The molecule has 1 N–H and O–H groups in total. The summed E-state index contributed by atoms with van der Waals surface area (Å²) in [5.41, 5.74) is 0.264. The molecule has 2 aromatic rings. The Kier molecular flexibility index (Phi) is 5.37. The third kappa shape index (κ3) is 4.18. The number of rotatable bonds is 4. The molecule has 0 radical (unpaired) electrons. The van der Waals surface area contributed by atoms with Crippen molar-refractivity contribution in [3.8, 4) is 0 Å². The molecule has 0 bridgehead atoms. The average molecular weight is 346 g/mol. The van der Waals surface area contributed by atoms with Crippen LogP contribution in [0.2, 0.25) is 5.02 Å². The van der Waals surface area contributed by atoms with Gasteiger partial charge in [0.2, 0.25) is 5.91 Å². The van der Waals surface area contributed by atoms with E-state index in [-0.39, 0.29) is 15.6 Å². The lowest BCUT2D eigenvalue weighted by molar-refractivity contribution is -0.115. The van der Waals surface area contributed by atoms with Crippen molar-refractivity contribution in [1.29, 1.82) is 0 Å². The molecular formula is C15H11ClF3NOS. The lowest BCUT2D eigenvalue weighted by Crippen LogP contribution is -2.22. The van der Waals surface area contributed by atoms with Gasteiger partial charge in [-0.05, 0) is 37.3 Å². The third-order valence-electron chi connectivity index (χ3n) is 2.76. The molecule has 0 aliphatic carbocycles. The minimum absolute atomic E-state index is 0.0681. The summed E-state index contributed by atoms with van der Waals surface area (Å²) in [7, 11) is 0. The molecule has 2 aromatic carbocycles. The van der Waals surface area contributed by atoms with Gasteiger partial charge in [0, 0.05) is 11.0 Å². The number of halogens is 4. The maximum absolute atomic E-state index is 13.6. The second-order valence-electron chi connectivity index (χ2n) is 4.45. The molecular weight excluding hydrogens is 335 g/mol. The van der Waals surface area contributed by atoms with Gasteiger partial charge in [0.15, 0.2) is 0 Å². The van der Waals surface area contributed by atoms with Crippen LogP contribution in [0.25, 0.3) is 0 Å². The van der Waals surface area contributed by atoms with Gasteiger partial charge in [-0.15, -0.1) is 11.8 Å². The first-order chi connectivity index (χ1) is 10.4. The van der Waals surface area contributed by atoms with Gasteiger partial charge in [-0.2, -0.15) is 0 Å². The normalized spacial score (nSPS) is 12.0. The van der Waals surface area contributed by atoms with Crippen LogP contribution in [-0.2, 0) is 4.79 Å². The highest BCUT2D eigenvalue weighted by molar-refractivity contribution is 8.00. The lowest BCUT2D eigenvalue weighted by Gasteiger charge is -2.13. The Morgan fingerprint density at radius 2 is 1.77 bits per heavy atom. The van der Waals surface area contributed by atoms with Crippen LogP contribution in [0, 0.1) is 17.5 Å². The molecule has 0 unspecified atom stereocenters. The molecule has 2 rings (SSSR count). The number of anilines is 1. The number of benzene rings is 2. The van der Waals surface area contributed by atoms with E-state index in [1.807, 2.05) is 0 Å². The molecule has 0 heterocycles. The average Bonchev–Trinajstić information content (AvgIpc) is 2.44. The largest absolute Gasteiger partial charge is 0.324 e. The number of hydrogen-bond donors (Lipinski definition) is 1. The minimum atomic E-state index is -0.732. The van der Waals surface area contributed by atoms with Gasteiger partial charge in [0.05, 0.1) is 16.0 Å². The van der Waals surface area contributed by atoms with Crippen LogP contribution in [0.4, 0.5) is 18.9 Å². The summed E-state index contributed by atoms with van der Waals surface area (Å²) in [5.74, 6) is -2.36. The van der Waals surface area contributed by atoms with Crippen molar-refractivity contribution in [2.24, 2.45) is 0 Å². The van der Waals surface area contributed by atoms with E-state index in [1.165, 1.54) is 18.2 Å². The standard InChI is InChI=1S/C15H11ClF3NOS/c1-8(22-14-5-3-10(18)7-12(14)19)15(21)20-13-4-2-9(17)6-11(13)16/h2-8H,1H3,(H,20,21)/t8-/m1/s1. The quantitative estimate of drug-likeness (QED) is 0.800. The molecule has 22 heavy (non-hydrogen) atoms. The van der Waals surface area contributed by atoms with Crippen molar-refractivity contribution in [2.45, 2.75) is 17.1 Å². The van der Waals surface area contributed by atoms with Crippen LogP contribution in [0.3, 0.4) is 0 Å². The molecule has 0 saturated carbocycles. The molecule has 7 heteroatoms. The number of nitrogens with one attached hydrogen (secondary N) is 1.